The van der Waals surface area contributed by atoms with E-state index in [1.54, 1.807) is 19.1 Å². The minimum absolute atomic E-state index is 0.0492. The molecule has 0 radical (unpaired) electrons. The normalized spacial score (nSPS) is 11.0. The lowest BCUT2D eigenvalue weighted by Crippen LogP contribution is -2.09. The highest BCUT2D eigenvalue weighted by Gasteiger charge is 2.21. The molecule has 0 unspecified atom stereocenters. The summed E-state index contributed by atoms with van der Waals surface area (Å²) in [6, 6.07) is 3.47. The zero-order valence-electron chi connectivity index (χ0n) is 10.9. The van der Waals surface area contributed by atoms with Gasteiger partial charge in [-0.05, 0) is 19.1 Å². The van der Waals surface area contributed by atoms with Gasteiger partial charge in [-0.3, -0.25) is 4.57 Å². The average molecular weight is 324 g/mol. The standard InChI is InChI=1S/C12H10ClN5O2S/c1-2-20-12(19)9-11(14)18(5-15-9)10-6(13)3-4-7-8(10)17-21-16-7/h3-5H,2,14H2,1H3. The highest BCUT2D eigenvalue weighted by molar-refractivity contribution is 7.00. The molecule has 1 aromatic carbocycles. The number of rotatable bonds is 3. The molecule has 9 heteroatoms. The molecule has 0 fully saturated rings. The Labute approximate surface area is 128 Å². The van der Waals surface area contributed by atoms with Gasteiger partial charge in [-0.1, -0.05) is 11.6 Å². The van der Waals surface area contributed by atoms with Crippen LogP contribution in [0.2, 0.25) is 5.02 Å². The Kier molecular flexibility index (Phi) is 3.48. The predicted octanol–water partition coefficient (Wildman–Crippen LogP) is 2.29. The molecule has 2 N–H and O–H groups in total. The van der Waals surface area contributed by atoms with E-state index in [4.69, 9.17) is 22.1 Å². The van der Waals surface area contributed by atoms with E-state index in [9.17, 15) is 4.79 Å². The Morgan fingerprint density at radius 2 is 2.29 bits per heavy atom. The molecule has 21 heavy (non-hydrogen) atoms. The fraction of sp³-hybridized carbons (Fsp3) is 0.167. The molecule has 0 saturated heterocycles. The lowest BCUT2D eigenvalue weighted by Gasteiger charge is -2.08. The number of nitrogens with zero attached hydrogens (tertiary/aromatic N) is 4. The quantitative estimate of drug-likeness (QED) is 0.743. The van der Waals surface area contributed by atoms with Crippen LogP contribution in [0.5, 0.6) is 0 Å². The van der Waals surface area contributed by atoms with E-state index in [2.05, 4.69) is 13.7 Å². The van der Waals surface area contributed by atoms with Gasteiger partial charge in [0.15, 0.2) is 5.69 Å². The maximum atomic E-state index is 11.8. The molecular weight excluding hydrogens is 314 g/mol. The third-order valence-electron chi connectivity index (χ3n) is 2.87. The molecule has 0 aliphatic rings. The number of benzene rings is 1. The van der Waals surface area contributed by atoms with Gasteiger partial charge >= 0.3 is 5.97 Å². The third kappa shape index (κ3) is 2.22. The summed E-state index contributed by atoms with van der Waals surface area (Å²) < 4.78 is 14.8. The zero-order valence-corrected chi connectivity index (χ0v) is 12.5. The van der Waals surface area contributed by atoms with Crippen LogP contribution < -0.4 is 5.73 Å². The van der Waals surface area contributed by atoms with Gasteiger partial charge in [-0.25, -0.2) is 9.78 Å². The first kappa shape index (κ1) is 13.8. The summed E-state index contributed by atoms with van der Waals surface area (Å²) in [4.78, 5) is 15.8. The molecule has 2 heterocycles. The smallest absolute Gasteiger partial charge is 0.360 e. The second kappa shape index (κ2) is 5.30. The Morgan fingerprint density at radius 3 is 3.05 bits per heavy atom. The third-order valence-corrected chi connectivity index (χ3v) is 3.71. The van der Waals surface area contributed by atoms with Crippen LogP contribution in [0.15, 0.2) is 18.5 Å². The Bertz CT molecular complexity index is 828. The van der Waals surface area contributed by atoms with Crippen molar-refractivity contribution < 1.29 is 9.53 Å². The number of halogens is 1. The minimum Gasteiger partial charge on any atom is -0.461 e. The van der Waals surface area contributed by atoms with Gasteiger partial charge < -0.3 is 10.5 Å². The number of anilines is 1. The van der Waals surface area contributed by atoms with Crippen molar-refractivity contribution in [3.05, 3.63) is 29.2 Å². The van der Waals surface area contributed by atoms with Gasteiger partial charge in [0.25, 0.3) is 0 Å². The molecule has 0 aliphatic carbocycles. The summed E-state index contributed by atoms with van der Waals surface area (Å²) in [6.07, 6.45) is 1.42. The van der Waals surface area contributed by atoms with Crippen molar-refractivity contribution in [2.24, 2.45) is 0 Å². The summed E-state index contributed by atoms with van der Waals surface area (Å²) in [5.74, 6) is -0.427. The van der Waals surface area contributed by atoms with Crippen LogP contribution in [0.25, 0.3) is 16.7 Å². The highest BCUT2D eigenvalue weighted by atomic mass is 35.5. The number of esters is 1. The van der Waals surface area contributed by atoms with E-state index in [0.717, 1.165) is 11.7 Å². The number of nitrogen functional groups attached to an aromatic ring is 1. The second-order valence-corrected chi connectivity index (χ2v) is 5.03. The number of aromatic nitrogens is 4. The maximum Gasteiger partial charge on any atom is 0.360 e. The molecule has 3 rings (SSSR count). The lowest BCUT2D eigenvalue weighted by molar-refractivity contribution is 0.0521. The molecule has 2 aromatic heterocycles. The molecule has 0 spiro atoms. The first-order valence-electron chi connectivity index (χ1n) is 6.04. The van der Waals surface area contributed by atoms with Crippen molar-refractivity contribution in [1.29, 1.82) is 0 Å². The molecule has 0 aliphatic heterocycles. The molecule has 0 saturated carbocycles. The van der Waals surface area contributed by atoms with Crippen LogP contribution in [0.3, 0.4) is 0 Å². The molecule has 108 valence electrons. The lowest BCUT2D eigenvalue weighted by atomic mass is 10.2. The summed E-state index contributed by atoms with van der Waals surface area (Å²) in [6.45, 7) is 1.96. The monoisotopic (exact) mass is 323 g/mol. The van der Waals surface area contributed by atoms with Gasteiger partial charge in [-0.15, -0.1) is 0 Å². The number of hydrogen-bond acceptors (Lipinski definition) is 7. The van der Waals surface area contributed by atoms with Gasteiger partial charge in [0, 0.05) is 0 Å². The maximum absolute atomic E-state index is 11.8. The minimum atomic E-state index is -0.576. The van der Waals surface area contributed by atoms with E-state index in [-0.39, 0.29) is 18.1 Å². The fourth-order valence-corrected chi connectivity index (χ4v) is 2.72. The van der Waals surface area contributed by atoms with Gasteiger partial charge in [-0.2, -0.15) is 8.75 Å². The summed E-state index contributed by atoms with van der Waals surface area (Å²) in [7, 11) is 0. The SMILES string of the molecule is CCOC(=O)c1ncn(-c2c(Cl)ccc3nsnc23)c1N. The van der Waals surface area contributed by atoms with Crippen molar-refractivity contribution in [1.82, 2.24) is 18.3 Å². The molecule has 3 aromatic rings. The van der Waals surface area contributed by atoms with E-state index in [1.165, 1.54) is 10.9 Å². The molecule has 7 nitrogen and oxygen atoms in total. The number of imidazole rings is 1. The van der Waals surface area contributed by atoms with Crippen molar-refractivity contribution in [3.8, 4) is 5.69 Å². The fourth-order valence-electron chi connectivity index (χ4n) is 1.94. The molecular formula is C12H10ClN5O2S. The van der Waals surface area contributed by atoms with Crippen molar-refractivity contribution in [2.75, 3.05) is 12.3 Å². The van der Waals surface area contributed by atoms with Crippen LogP contribution >= 0.6 is 23.3 Å². The average Bonchev–Trinajstić information content (AvgIpc) is 3.06. The van der Waals surface area contributed by atoms with Crippen LogP contribution in [0.1, 0.15) is 17.4 Å². The predicted molar refractivity (Wildman–Crippen MR) is 79.9 cm³/mol. The van der Waals surface area contributed by atoms with E-state index in [1.807, 2.05) is 0 Å². The van der Waals surface area contributed by atoms with Crippen LogP contribution in [0.4, 0.5) is 5.82 Å². The Balaban J connectivity index is 2.18. The van der Waals surface area contributed by atoms with E-state index in [0.29, 0.717) is 21.7 Å². The van der Waals surface area contributed by atoms with Crippen molar-refractivity contribution >= 4 is 46.1 Å². The number of carbonyl (C=O) groups excluding carboxylic acids is 1. The molecule has 0 atom stereocenters. The van der Waals surface area contributed by atoms with Crippen LogP contribution in [-0.4, -0.2) is 30.9 Å². The van der Waals surface area contributed by atoms with Gasteiger partial charge in [0.1, 0.15) is 23.2 Å². The highest BCUT2D eigenvalue weighted by Crippen LogP contribution is 2.31. The summed E-state index contributed by atoms with van der Waals surface area (Å²) in [5.41, 5.74) is 7.89. The molecule has 0 amide bonds. The summed E-state index contributed by atoms with van der Waals surface area (Å²) >= 11 is 7.31. The topological polar surface area (TPSA) is 95.9 Å². The van der Waals surface area contributed by atoms with E-state index < -0.39 is 5.97 Å². The second-order valence-electron chi connectivity index (χ2n) is 4.10. The van der Waals surface area contributed by atoms with Crippen molar-refractivity contribution in [3.63, 3.8) is 0 Å². The van der Waals surface area contributed by atoms with Crippen molar-refractivity contribution in [2.45, 2.75) is 6.92 Å². The van der Waals surface area contributed by atoms with Gasteiger partial charge in [0.2, 0.25) is 0 Å². The number of fused-ring (bicyclic) bond motifs is 1. The Morgan fingerprint density at radius 1 is 1.48 bits per heavy atom. The number of nitrogens with two attached hydrogens (primary N) is 1. The van der Waals surface area contributed by atoms with E-state index >= 15 is 0 Å². The van der Waals surface area contributed by atoms with Crippen LogP contribution in [0, 0.1) is 0 Å². The van der Waals surface area contributed by atoms with Gasteiger partial charge in [0.05, 0.1) is 29.0 Å². The largest absolute Gasteiger partial charge is 0.461 e. The number of ether oxygens (including phenoxy) is 1. The Hall–Kier alpha value is -2.19. The first-order valence-corrected chi connectivity index (χ1v) is 7.15. The number of carbonyl (C=O) groups is 1. The zero-order chi connectivity index (χ0) is 15.0. The first-order chi connectivity index (χ1) is 10.1. The molecule has 0 bridgehead atoms. The number of hydrogen-bond donors (Lipinski definition) is 1. The van der Waals surface area contributed by atoms with Crippen LogP contribution in [-0.2, 0) is 4.74 Å². The summed E-state index contributed by atoms with van der Waals surface area (Å²) in [5, 5.41) is 0.440.